The van der Waals surface area contributed by atoms with Crippen molar-refractivity contribution in [1.82, 2.24) is 0 Å². The van der Waals surface area contributed by atoms with Gasteiger partial charge in [-0.1, -0.05) is 0 Å². The lowest BCUT2D eigenvalue weighted by molar-refractivity contribution is -0.127. The summed E-state index contributed by atoms with van der Waals surface area (Å²) in [5, 5.41) is 0. The smallest absolute Gasteiger partial charge is 0.157 e. The summed E-state index contributed by atoms with van der Waals surface area (Å²) in [5.41, 5.74) is 0. The zero-order valence-electron chi connectivity index (χ0n) is 5.69. The molecule has 3 heteroatoms. The zero-order chi connectivity index (χ0) is 7.65. The van der Waals surface area contributed by atoms with Crippen LogP contribution in [0.5, 0.6) is 0 Å². The van der Waals surface area contributed by atoms with E-state index in [1.807, 2.05) is 0 Å². The highest BCUT2D eigenvalue weighted by Gasteiger charge is 2.31. The Balaban J connectivity index is 4.38. The third-order valence-corrected chi connectivity index (χ3v) is 1.85. The number of carbonyl (C=O) groups is 2. The summed E-state index contributed by atoms with van der Waals surface area (Å²) in [6.45, 7) is 4.00. The largest absolute Gasteiger partial charge is 0.298 e. The molecule has 0 saturated heterocycles. The van der Waals surface area contributed by atoms with E-state index in [4.69, 9.17) is 11.6 Å². The van der Waals surface area contributed by atoms with Crippen molar-refractivity contribution in [3.05, 3.63) is 0 Å². The number of ketones is 2. The van der Waals surface area contributed by atoms with E-state index in [-0.39, 0.29) is 11.6 Å². The molecule has 0 heterocycles. The van der Waals surface area contributed by atoms with E-state index in [1.165, 1.54) is 20.8 Å². The lowest BCUT2D eigenvalue weighted by Crippen LogP contribution is -2.34. The average Bonchev–Trinajstić information content (AvgIpc) is 1.65. The Morgan fingerprint density at radius 2 is 1.44 bits per heavy atom. The predicted octanol–water partition coefficient (Wildman–Crippen LogP) is 1.16. The van der Waals surface area contributed by atoms with E-state index < -0.39 is 4.87 Å². The Hall–Kier alpha value is -0.370. The van der Waals surface area contributed by atoms with Gasteiger partial charge in [-0.05, 0) is 20.8 Å². The molecule has 0 N–H and O–H groups in total. The number of rotatable bonds is 2. The molecule has 0 aromatic rings. The van der Waals surface area contributed by atoms with Gasteiger partial charge in [0.05, 0.1) is 0 Å². The number of hydrogen-bond donors (Lipinski definition) is 0. The molecule has 0 unspecified atom stereocenters. The fourth-order valence-corrected chi connectivity index (χ4v) is 0.248. The van der Waals surface area contributed by atoms with Gasteiger partial charge in [0.15, 0.2) is 16.4 Å². The van der Waals surface area contributed by atoms with Gasteiger partial charge in [-0.25, -0.2) is 0 Å². The zero-order valence-corrected chi connectivity index (χ0v) is 6.45. The topological polar surface area (TPSA) is 34.1 Å². The first-order valence-corrected chi connectivity index (χ1v) is 2.98. The van der Waals surface area contributed by atoms with Crippen molar-refractivity contribution in [2.24, 2.45) is 0 Å². The summed E-state index contributed by atoms with van der Waals surface area (Å²) < 4.78 is 0. The molecule has 0 aromatic heterocycles. The van der Waals surface area contributed by atoms with Crippen molar-refractivity contribution in [2.45, 2.75) is 25.6 Å². The standard InChI is InChI=1S/C6H9ClO2/c1-4(8)6(3,7)5(2)9/h1-3H3. The fraction of sp³-hybridized carbons (Fsp3) is 0.667. The highest BCUT2D eigenvalue weighted by molar-refractivity contribution is 6.45. The van der Waals surface area contributed by atoms with Crippen LogP contribution in [-0.2, 0) is 9.59 Å². The second-order valence-electron chi connectivity index (χ2n) is 2.12. The molecule has 0 aliphatic rings. The van der Waals surface area contributed by atoms with Gasteiger partial charge in [-0.15, -0.1) is 11.6 Å². The first-order valence-electron chi connectivity index (χ1n) is 2.60. The van der Waals surface area contributed by atoms with E-state index >= 15 is 0 Å². The van der Waals surface area contributed by atoms with Crippen molar-refractivity contribution in [1.29, 1.82) is 0 Å². The molecule has 0 aliphatic heterocycles. The van der Waals surface area contributed by atoms with E-state index in [2.05, 4.69) is 0 Å². The third-order valence-electron chi connectivity index (χ3n) is 1.32. The predicted molar refractivity (Wildman–Crippen MR) is 35.6 cm³/mol. The van der Waals surface area contributed by atoms with Crippen molar-refractivity contribution >= 4 is 23.2 Å². The third kappa shape index (κ3) is 1.79. The molecule has 0 radical (unpaired) electrons. The second kappa shape index (κ2) is 2.48. The number of Topliss-reactive ketones (excluding diaryl/α,β-unsaturated/α-hetero) is 2. The summed E-state index contributed by atoms with van der Waals surface area (Å²) in [6.07, 6.45) is 0. The van der Waals surface area contributed by atoms with Crippen LogP contribution >= 0.6 is 11.6 Å². The SMILES string of the molecule is CC(=O)C(C)(Cl)C(C)=O. The monoisotopic (exact) mass is 148 g/mol. The summed E-state index contributed by atoms with van der Waals surface area (Å²) in [5.74, 6) is -0.617. The van der Waals surface area contributed by atoms with Gasteiger partial charge in [0.2, 0.25) is 0 Å². The summed E-state index contributed by atoms with van der Waals surface area (Å²) >= 11 is 5.51. The van der Waals surface area contributed by atoms with Gasteiger partial charge in [0, 0.05) is 0 Å². The molecule has 0 bridgehead atoms. The molecule has 0 fully saturated rings. The first-order chi connectivity index (χ1) is 3.89. The second-order valence-corrected chi connectivity index (χ2v) is 2.87. The first kappa shape index (κ1) is 8.63. The van der Waals surface area contributed by atoms with E-state index in [1.54, 1.807) is 0 Å². The van der Waals surface area contributed by atoms with Crippen LogP contribution in [0, 0.1) is 0 Å². The lowest BCUT2D eigenvalue weighted by atomic mass is 10.0. The van der Waals surface area contributed by atoms with Gasteiger partial charge in [0.1, 0.15) is 0 Å². The Morgan fingerprint density at radius 3 is 1.44 bits per heavy atom. The molecular weight excluding hydrogens is 140 g/mol. The maximum atomic E-state index is 10.6. The summed E-state index contributed by atoms with van der Waals surface area (Å²) in [7, 11) is 0. The van der Waals surface area contributed by atoms with Gasteiger partial charge in [0.25, 0.3) is 0 Å². The van der Waals surface area contributed by atoms with Crippen LogP contribution in [0.1, 0.15) is 20.8 Å². The lowest BCUT2D eigenvalue weighted by Gasteiger charge is -2.12. The number of alkyl halides is 1. The van der Waals surface area contributed by atoms with Crippen molar-refractivity contribution in [3.8, 4) is 0 Å². The molecule has 0 saturated carbocycles. The Bertz CT molecular complexity index is 133. The van der Waals surface area contributed by atoms with Crippen LogP contribution < -0.4 is 0 Å². The van der Waals surface area contributed by atoms with Crippen LogP contribution in [0.15, 0.2) is 0 Å². The minimum atomic E-state index is -1.31. The van der Waals surface area contributed by atoms with Gasteiger partial charge in [-0.2, -0.15) is 0 Å². The molecule has 0 atom stereocenters. The van der Waals surface area contributed by atoms with E-state index in [0.717, 1.165) is 0 Å². The van der Waals surface area contributed by atoms with Gasteiger partial charge >= 0.3 is 0 Å². The molecule has 2 nitrogen and oxygen atoms in total. The Labute approximate surface area is 59.2 Å². The number of hydrogen-bond acceptors (Lipinski definition) is 2. The van der Waals surface area contributed by atoms with Crippen LogP contribution in [-0.4, -0.2) is 16.4 Å². The normalized spacial score (nSPS) is 11.1. The molecule has 0 amide bonds. The van der Waals surface area contributed by atoms with Crippen LogP contribution in [0.4, 0.5) is 0 Å². The quantitative estimate of drug-likeness (QED) is 0.435. The van der Waals surface area contributed by atoms with Gasteiger partial charge < -0.3 is 0 Å². The number of carbonyl (C=O) groups excluding carboxylic acids is 2. The maximum absolute atomic E-state index is 10.6. The van der Waals surface area contributed by atoms with Crippen molar-refractivity contribution < 1.29 is 9.59 Å². The maximum Gasteiger partial charge on any atom is 0.157 e. The molecular formula is C6H9ClO2. The molecule has 0 spiro atoms. The minimum absolute atomic E-state index is 0.309. The van der Waals surface area contributed by atoms with Crippen molar-refractivity contribution in [3.63, 3.8) is 0 Å². The Kier molecular flexibility index (Phi) is 2.38. The summed E-state index contributed by atoms with van der Waals surface area (Å²) in [6, 6.07) is 0. The molecule has 0 rings (SSSR count). The van der Waals surface area contributed by atoms with Crippen LogP contribution in [0.25, 0.3) is 0 Å². The average molecular weight is 149 g/mol. The fourth-order valence-electron chi connectivity index (χ4n) is 0.248. The molecule has 9 heavy (non-hydrogen) atoms. The highest BCUT2D eigenvalue weighted by Crippen LogP contribution is 2.15. The summed E-state index contributed by atoms with van der Waals surface area (Å²) in [4.78, 5) is 19.8. The van der Waals surface area contributed by atoms with Gasteiger partial charge in [-0.3, -0.25) is 9.59 Å². The van der Waals surface area contributed by atoms with Crippen LogP contribution in [0.3, 0.4) is 0 Å². The molecule has 0 aromatic carbocycles. The van der Waals surface area contributed by atoms with Crippen molar-refractivity contribution in [2.75, 3.05) is 0 Å². The number of halogens is 1. The Morgan fingerprint density at radius 1 is 1.22 bits per heavy atom. The molecule has 52 valence electrons. The van der Waals surface area contributed by atoms with E-state index in [9.17, 15) is 9.59 Å². The van der Waals surface area contributed by atoms with E-state index in [0.29, 0.717) is 0 Å². The highest BCUT2D eigenvalue weighted by atomic mass is 35.5. The molecule has 0 aliphatic carbocycles. The van der Waals surface area contributed by atoms with Crippen LogP contribution in [0.2, 0.25) is 0 Å². The minimum Gasteiger partial charge on any atom is -0.298 e.